The minimum atomic E-state index is -3.54. The highest BCUT2D eigenvalue weighted by atomic mass is 19.2. The van der Waals surface area contributed by atoms with E-state index in [0.717, 1.165) is 0 Å². The largest absolute Gasteiger partial charge is 0.353 e. The Morgan fingerprint density at radius 1 is 0.500 bits per heavy atom. The van der Waals surface area contributed by atoms with Crippen LogP contribution < -0.4 is 0 Å². The van der Waals surface area contributed by atoms with Gasteiger partial charge in [-0.05, 0) is 0 Å². The van der Waals surface area contributed by atoms with Crippen molar-refractivity contribution in [2.75, 3.05) is 48.0 Å². The average Bonchev–Trinajstić information content (AvgIpc) is 2.55. The molecule has 0 aromatic carbocycles. The Kier molecular flexibility index (Phi) is 12.2. The lowest BCUT2D eigenvalue weighted by atomic mass is 10.2. The number of hydrogen-bond donors (Lipinski definition) is 0. The van der Waals surface area contributed by atoms with E-state index in [0.29, 0.717) is 0 Å². The third kappa shape index (κ3) is 5.37. The monoisotopic (exact) mass is 380 g/mol. The minimum absolute atomic E-state index is 1.78. The van der Waals surface area contributed by atoms with Gasteiger partial charge in [-0.1, -0.05) is 0 Å². The topological polar surface area (TPSA) is 64.6 Å². The van der Waals surface area contributed by atoms with E-state index < -0.39 is 66.1 Å². The van der Waals surface area contributed by atoms with Crippen LogP contribution in [0.3, 0.4) is 0 Å². The maximum atomic E-state index is 12.7. The fourth-order valence-electron chi connectivity index (χ4n) is 1.69. The van der Waals surface area contributed by atoms with Crippen molar-refractivity contribution in [1.29, 1.82) is 0 Å². The molecule has 0 aromatic rings. The Bertz CT molecular complexity index is 286. The summed E-state index contributed by atoms with van der Waals surface area (Å²) >= 11 is 0. The van der Waals surface area contributed by atoms with Crippen LogP contribution >= 0.6 is 0 Å². The van der Waals surface area contributed by atoms with E-state index in [1.807, 2.05) is 0 Å². The van der Waals surface area contributed by atoms with Crippen molar-refractivity contribution in [2.45, 2.75) is 18.1 Å². The van der Waals surface area contributed by atoms with E-state index in [1.54, 1.807) is 0 Å². The van der Waals surface area contributed by atoms with Crippen LogP contribution in [-0.4, -0.2) is 66.1 Å². The molecule has 0 aromatic heterocycles. The molecule has 0 aliphatic rings. The van der Waals surface area contributed by atoms with Crippen LogP contribution in [-0.2, 0) is 33.2 Å². The van der Waals surface area contributed by atoms with Crippen LogP contribution in [0.4, 0.5) is 30.7 Å². The van der Waals surface area contributed by atoms with Crippen molar-refractivity contribution in [2.24, 2.45) is 0 Å². The smallest absolute Gasteiger partial charge is 0.315 e. The van der Waals surface area contributed by atoms with Gasteiger partial charge in [0.25, 0.3) is 0 Å². The van der Waals surface area contributed by atoms with E-state index in [9.17, 15) is 30.7 Å². The Balaban J connectivity index is 6.19. The van der Waals surface area contributed by atoms with Gasteiger partial charge in [-0.25, -0.2) is 30.7 Å². The molecule has 0 fully saturated rings. The summed E-state index contributed by atoms with van der Waals surface area (Å²) in [5, 5.41) is 0. The first-order valence-electron chi connectivity index (χ1n) is 5.92. The molecule has 0 saturated carbocycles. The lowest BCUT2D eigenvalue weighted by Crippen LogP contribution is -2.69. The Hall–Kier alpha value is -0.770. The first kappa shape index (κ1) is 23.2. The quantitative estimate of drug-likeness (QED) is 0.301. The van der Waals surface area contributed by atoms with Crippen LogP contribution in [0.15, 0.2) is 0 Å². The first-order chi connectivity index (χ1) is 11.6. The number of alkyl halides is 7. The van der Waals surface area contributed by atoms with Crippen LogP contribution in [0, 0.1) is 0 Å². The van der Waals surface area contributed by atoms with Gasteiger partial charge in [0.15, 0.2) is 48.0 Å². The number of halogens is 7. The summed E-state index contributed by atoms with van der Waals surface area (Å²) in [5.74, 6) is -7.02. The molecule has 0 atom stereocenters. The van der Waals surface area contributed by atoms with Crippen molar-refractivity contribution in [3.05, 3.63) is 0 Å². The first-order valence-corrected chi connectivity index (χ1v) is 5.92. The minimum Gasteiger partial charge on any atom is -0.315 e. The normalized spacial score (nSPS) is 13.0. The second-order valence-corrected chi connectivity index (χ2v) is 3.37. The molecular weight excluding hydrogens is 365 g/mol. The van der Waals surface area contributed by atoms with Crippen molar-refractivity contribution >= 4 is 0 Å². The molecule has 0 rings (SSSR count). The highest BCUT2D eigenvalue weighted by Crippen LogP contribution is 2.40. The SMILES string of the molecule is FCOC(OCF)C(OCF)(OCF)C(OCF)(OCF)OCF. The molecule has 0 N–H and O–H groups in total. The standard InChI is InChI=1S/C10H15F7O7/c11-1-18-8(19-2-12)9(20-3-13,21-4-14)10(22-5-15,23-6-16)24-7-17/h8H,1-7H2. The van der Waals surface area contributed by atoms with Gasteiger partial charge in [-0.2, -0.15) is 0 Å². The molecule has 14 heteroatoms. The number of ether oxygens (including phenoxy) is 7. The lowest BCUT2D eigenvalue weighted by Gasteiger charge is -2.46. The molecule has 7 nitrogen and oxygen atoms in total. The summed E-state index contributed by atoms with van der Waals surface area (Å²) < 4.78 is 118. The maximum absolute atomic E-state index is 12.7. The fraction of sp³-hybridized carbons (Fsp3) is 1.00. The van der Waals surface area contributed by atoms with Gasteiger partial charge in [-0.15, -0.1) is 0 Å². The molecule has 0 bridgehead atoms. The third-order valence-corrected chi connectivity index (χ3v) is 2.44. The third-order valence-electron chi connectivity index (χ3n) is 2.44. The molecule has 24 heavy (non-hydrogen) atoms. The highest BCUT2D eigenvalue weighted by molar-refractivity contribution is 4.86. The van der Waals surface area contributed by atoms with Gasteiger partial charge in [0.05, 0.1) is 0 Å². The molecule has 146 valence electrons. The van der Waals surface area contributed by atoms with Gasteiger partial charge in [0.2, 0.25) is 6.29 Å². The molecule has 0 radical (unpaired) electrons. The predicted octanol–water partition coefficient (Wildman–Crippen LogP) is 2.27. The van der Waals surface area contributed by atoms with E-state index in [-0.39, 0.29) is 0 Å². The van der Waals surface area contributed by atoms with E-state index in [2.05, 4.69) is 33.2 Å². The summed E-state index contributed by atoms with van der Waals surface area (Å²) in [4.78, 5) is 0. The lowest BCUT2D eigenvalue weighted by molar-refractivity contribution is -0.547. The second-order valence-electron chi connectivity index (χ2n) is 3.37. The maximum Gasteiger partial charge on any atom is 0.353 e. The predicted molar refractivity (Wildman–Crippen MR) is 58.7 cm³/mol. The van der Waals surface area contributed by atoms with E-state index in [1.165, 1.54) is 0 Å². The zero-order valence-electron chi connectivity index (χ0n) is 12.0. The summed E-state index contributed by atoms with van der Waals surface area (Å²) in [7, 11) is 0. The zero-order valence-corrected chi connectivity index (χ0v) is 12.0. The summed E-state index contributed by atoms with van der Waals surface area (Å²) in [6.45, 7) is -13.2. The van der Waals surface area contributed by atoms with Crippen LogP contribution in [0.5, 0.6) is 0 Å². The van der Waals surface area contributed by atoms with Crippen LogP contribution in [0.2, 0.25) is 0 Å². The van der Waals surface area contributed by atoms with Crippen LogP contribution in [0.1, 0.15) is 0 Å². The molecule has 0 heterocycles. The molecule has 0 amide bonds. The Morgan fingerprint density at radius 2 is 0.833 bits per heavy atom. The molecule has 0 unspecified atom stereocenters. The van der Waals surface area contributed by atoms with Gasteiger partial charge < -0.3 is 18.9 Å². The van der Waals surface area contributed by atoms with Crippen molar-refractivity contribution < 1.29 is 63.9 Å². The Morgan fingerprint density at radius 3 is 1.08 bits per heavy atom. The second kappa shape index (κ2) is 12.6. The van der Waals surface area contributed by atoms with Crippen molar-refractivity contribution in [1.82, 2.24) is 0 Å². The fourth-order valence-corrected chi connectivity index (χ4v) is 1.69. The number of hydrogen-bond acceptors (Lipinski definition) is 7. The van der Waals surface area contributed by atoms with Gasteiger partial charge in [0.1, 0.15) is 0 Å². The molecule has 0 saturated heterocycles. The van der Waals surface area contributed by atoms with Crippen molar-refractivity contribution in [3.8, 4) is 0 Å². The average molecular weight is 380 g/mol. The van der Waals surface area contributed by atoms with Gasteiger partial charge in [-0.3, -0.25) is 14.2 Å². The molecule has 0 aliphatic heterocycles. The van der Waals surface area contributed by atoms with Gasteiger partial charge >= 0.3 is 11.8 Å². The van der Waals surface area contributed by atoms with Crippen molar-refractivity contribution in [3.63, 3.8) is 0 Å². The van der Waals surface area contributed by atoms with E-state index in [4.69, 9.17) is 0 Å². The highest BCUT2D eigenvalue weighted by Gasteiger charge is 2.66. The van der Waals surface area contributed by atoms with E-state index >= 15 is 0 Å². The summed E-state index contributed by atoms with van der Waals surface area (Å²) in [5.41, 5.74) is 0. The Labute approximate surface area is 131 Å². The molecule has 0 aliphatic carbocycles. The molecular formula is C10H15F7O7. The van der Waals surface area contributed by atoms with Gasteiger partial charge in [0, 0.05) is 0 Å². The zero-order chi connectivity index (χ0) is 18.5. The van der Waals surface area contributed by atoms with Crippen LogP contribution in [0.25, 0.3) is 0 Å². The summed E-state index contributed by atoms with van der Waals surface area (Å²) in [6, 6.07) is 0. The molecule has 0 spiro atoms. The summed E-state index contributed by atoms with van der Waals surface area (Å²) in [6.07, 6.45) is -2.61. The number of rotatable bonds is 16.